The summed E-state index contributed by atoms with van der Waals surface area (Å²) < 4.78 is 5.27. The van der Waals surface area contributed by atoms with Crippen molar-refractivity contribution in [3.63, 3.8) is 0 Å². The number of carbonyl (C=O) groups excluding carboxylic acids is 2. The molecule has 3 aliphatic rings. The molecule has 1 aromatic carbocycles. The van der Waals surface area contributed by atoms with Gasteiger partial charge in [0.1, 0.15) is 0 Å². The highest BCUT2D eigenvalue weighted by Gasteiger charge is 2.48. The normalized spacial score (nSPS) is 26.7. The predicted octanol–water partition coefficient (Wildman–Crippen LogP) is 4.05. The minimum Gasteiger partial charge on any atom is -0.447 e. The van der Waals surface area contributed by atoms with E-state index in [4.69, 9.17) is 4.74 Å². The Bertz CT molecular complexity index is 762. The molecule has 1 spiro atoms. The fourth-order valence-corrected chi connectivity index (χ4v) is 5.35. The van der Waals surface area contributed by atoms with Crippen LogP contribution in [-0.4, -0.2) is 48.2 Å². The molecule has 2 amide bonds. The van der Waals surface area contributed by atoms with E-state index in [0.717, 1.165) is 57.3 Å². The number of likely N-dealkylation sites (tertiary alicyclic amines) is 1. The molecule has 2 heterocycles. The lowest BCUT2D eigenvalue weighted by Crippen LogP contribution is -2.51. The van der Waals surface area contributed by atoms with Gasteiger partial charge in [0.2, 0.25) is 5.91 Å². The van der Waals surface area contributed by atoms with Gasteiger partial charge in [0.05, 0.1) is 11.5 Å². The number of fused-ring (bicyclic) bond motifs is 2. The van der Waals surface area contributed by atoms with Gasteiger partial charge in [0, 0.05) is 19.2 Å². The summed E-state index contributed by atoms with van der Waals surface area (Å²) in [7, 11) is 0. The first-order valence-corrected chi connectivity index (χ1v) is 11.1. The number of nitrogens with one attached hydrogen (secondary N) is 2. The fourth-order valence-electron chi connectivity index (χ4n) is 5.35. The average molecular weight is 402 g/mol. The van der Waals surface area contributed by atoms with Crippen LogP contribution in [0.25, 0.3) is 0 Å². The summed E-state index contributed by atoms with van der Waals surface area (Å²) in [5, 5.41) is 6.16. The van der Waals surface area contributed by atoms with Crippen LogP contribution in [-0.2, 0) is 14.9 Å². The second kappa shape index (κ2) is 8.34. The lowest BCUT2D eigenvalue weighted by molar-refractivity contribution is -0.122. The number of piperidine rings is 1. The quantitative estimate of drug-likeness (QED) is 0.750. The summed E-state index contributed by atoms with van der Waals surface area (Å²) in [4.78, 5) is 27.4. The number of amides is 2. The van der Waals surface area contributed by atoms with E-state index in [1.54, 1.807) is 0 Å². The Hall–Kier alpha value is -2.08. The number of anilines is 1. The number of para-hydroxylation sites is 1. The van der Waals surface area contributed by atoms with Gasteiger partial charge in [0.25, 0.3) is 0 Å². The highest BCUT2D eigenvalue weighted by Crippen LogP contribution is 2.45. The molecule has 2 atom stereocenters. The predicted molar refractivity (Wildman–Crippen MR) is 115 cm³/mol. The van der Waals surface area contributed by atoms with Crippen LogP contribution in [0.4, 0.5) is 10.5 Å². The van der Waals surface area contributed by atoms with Crippen molar-refractivity contribution in [1.29, 1.82) is 0 Å². The minimum absolute atomic E-state index is 0. The molecule has 2 aliphatic heterocycles. The van der Waals surface area contributed by atoms with Crippen LogP contribution in [0, 0.1) is 0 Å². The van der Waals surface area contributed by atoms with Crippen molar-refractivity contribution in [2.24, 2.45) is 0 Å². The van der Waals surface area contributed by atoms with E-state index in [1.165, 1.54) is 12.0 Å². The van der Waals surface area contributed by atoms with Gasteiger partial charge in [-0.25, -0.2) is 4.79 Å². The van der Waals surface area contributed by atoms with Crippen LogP contribution in [0.15, 0.2) is 24.3 Å². The van der Waals surface area contributed by atoms with E-state index >= 15 is 0 Å². The van der Waals surface area contributed by atoms with Crippen molar-refractivity contribution < 1.29 is 15.8 Å². The van der Waals surface area contributed by atoms with E-state index in [-0.39, 0.29) is 31.0 Å². The first-order chi connectivity index (χ1) is 14.0. The summed E-state index contributed by atoms with van der Waals surface area (Å²) in [6.07, 6.45) is 6.77. The molecule has 0 radical (unpaired) electrons. The summed E-state index contributed by atoms with van der Waals surface area (Å²) in [6.45, 7) is 5.60. The number of carbonyl (C=O) groups is 2. The maximum atomic E-state index is 12.8. The van der Waals surface area contributed by atoms with Crippen LogP contribution in [0.1, 0.15) is 65.8 Å². The van der Waals surface area contributed by atoms with E-state index in [2.05, 4.69) is 21.6 Å². The van der Waals surface area contributed by atoms with Crippen LogP contribution < -0.4 is 10.6 Å². The van der Waals surface area contributed by atoms with Crippen molar-refractivity contribution in [2.45, 2.75) is 82.4 Å². The molecule has 29 heavy (non-hydrogen) atoms. The second-order valence-corrected chi connectivity index (χ2v) is 9.09. The van der Waals surface area contributed by atoms with Crippen molar-refractivity contribution in [2.75, 3.05) is 18.4 Å². The zero-order chi connectivity index (χ0) is 20.4. The SMILES string of the molecule is CC(C)OC(=O)NC1CCCCC(N2CCC3(CC2)C(=O)Nc2ccccc23)C1.[HH]. The smallest absolute Gasteiger partial charge is 0.407 e. The zero-order valence-corrected chi connectivity index (χ0v) is 17.6. The van der Waals surface area contributed by atoms with Gasteiger partial charge >= 0.3 is 6.09 Å². The van der Waals surface area contributed by atoms with Crippen LogP contribution in [0.2, 0.25) is 0 Å². The van der Waals surface area contributed by atoms with Gasteiger partial charge in [-0.15, -0.1) is 0 Å². The number of nitrogens with zero attached hydrogens (tertiary/aromatic N) is 1. The van der Waals surface area contributed by atoms with Gasteiger partial charge in [-0.05, 0) is 70.7 Å². The standard InChI is InChI=1S/C23H33N3O3.H2/c1-16(2)29-22(28)24-17-7-3-4-8-18(15-17)26-13-11-23(12-14-26)19-9-5-6-10-20(19)25-21(23)27;/h5-6,9-10,16-18H,3-4,7-8,11-15H2,1-2H3,(H,24,28)(H,25,27);1H. The third-order valence-corrected chi connectivity index (χ3v) is 6.85. The average Bonchev–Trinajstić information content (AvgIpc) is 2.83. The van der Waals surface area contributed by atoms with Crippen molar-refractivity contribution in [1.82, 2.24) is 10.2 Å². The van der Waals surface area contributed by atoms with Crippen molar-refractivity contribution in [3.05, 3.63) is 29.8 Å². The Morgan fingerprint density at radius 1 is 1.24 bits per heavy atom. The molecule has 1 aliphatic carbocycles. The fraction of sp³-hybridized carbons (Fsp3) is 0.652. The molecule has 0 aromatic heterocycles. The van der Waals surface area contributed by atoms with Crippen molar-refractivity contribution >= 4 is 17.7 Å². The lowest BCUT2D eigenvalue weighted by atomic mass is 9.73. The topological polar surface area (TPSA) is 70.7 Å². The Labute approximate surface area is 174 Å². The largest absolute Gasteiger partial charge is 0.447 e. The van der Waals surface area contributed by atoms with E-state index < -0.39 is 0 Å². The molecule has 160 valence electrons. The monoisotopic (exact) mass is 401 g/mol. The first kappa shape index (κ1) is 20.2. The number of ether oxygens (including phenoxy) is 1. The van der Waals surface area contributed by atoms with Gasteiger partial charge in [0.15, 0.2) is 0 Å². The Balaban J connectivity index is 0.00000256. The molecule has 2 fully saturated rings. The highest BCUT2D eigenvalue weighted by atomic mass is 16.6. The Morgan fingerprint density at radius 2 is 1.97 bits per heavy atom. The third-order valence-electron chi connectivity index (χ3n) is 6.85. The first-order valence-electron chi connectivity index (χ1n) is 11.1. The Kier molecular flexibility index (Phi) is 5.81. The zero-order valence-electron chi connectivity index (χ0n) is 17.6. The van der Waals surface area contributed by atoms with E-state index in [0.29, 0.717) is 6.04 Å². The molecular formula is C23H35N3O3. The van der Waals surface area contributed by atoms with Gasteiger partial charge in [-0.3, -0.25) is 4.79 Å². The molecule has 4 rings (SSSR count). The summed E-state index contributed by atoms with van der Waals surface area (Å²) >= 11 is 0. The number of hydrogen-bond donors (Lipinski definition) is 2. The number of rotatable bonds is 3. The lowest BCUT2D eigenvalue weighted by Gasteiger charge is -2.42. The maximum absolute atomic E-state index is 12.8. The van der Waals surface area contributed by atoms with Gasteiger partial charge in [-0.2, -0.15) is 0 Å². The number of benzene rings is 1. The molecule has 2 N–H and O–H groups in total. The molecule has 2 unspecified atom stereocenters. The maximum Gasteiger partial charge on any atom is 0.407 e. The number of alkyl carbamates (subject to hydrolysis) is 1. The summed E-state index contributed by atoms with van der Waals surface area (Å²) in [5.74, 6) is 0.162. The summed E-state index contributed by atoms with van der Waals surface area (Å²) in [6, 6.07) is 8.75. The van der Waals surface area contributed by atoms with E-state index in [9.17, 15) is 9.59 Å². The summed E-state index contributed by atoms with van der Waals surface area (Å²) in [5.41, 5.74) is 1.78. The molecular weight excluding hydrogens is 366 g/mol. The van der Waals surface area contributed by atoms with Crippen molar-refractivity contribution in [3.8, 4) is 0 Å². The molecule has 0 bridgehead atoms. The van der Waals surface area contributed by atoms with Crippen LogP contribution in [0.3, 0.4) is 0 Å². The van der Waals surface area contributed by atoms with Crippen LogP contribution in [0.5, 0.6) is 0 Å². The second-order valence-electron chi connectivity index (χ2n) is 9.09. The molecule has 1 aromatic rings. The van der Waals surface area contributed by atoms with Gasteiger partial charge in [-0.1, -0.05) is 31.0 Å². The minimum atomic E-state index is -0.365. The third kappa shape index (κ3) is 4.13. The molecule has 6 nitrogen and oxygen atoms in total. The van der Waals surface area contributed by atoms with Crippen LogP contribution >= 0.6 is 0 Å². The molecule has 6 heteroatoms. The number of hydrogen-bond acceptors (Lipinski definition) is 4. The Morgan fingerprint density at radius 3 is 2.72 bits per heavy atom. The molecule has 1 saturated heterocycles. The highest BCUT2D eigenvalue weighted by molar-refractivity contribution is 6.06. The van der Waals surface area contributed by atoms with E-state index in [1.807, 2.05) is 32.0 Å². The molecule has 1 saturated carbocycles. The van der Waals surface area contributed by atoms with Gasteiger partial charge < -0.3 is 20.3 Å².